The van der Waals surface area contributed by atoms with E-state index in [1.54, 1.807) is 24.2 Å². The zero-order valence-electron chi connectivity index (χ0n) is 19.9. The number of aliphatic imine (C=N–C) groups is 1. The number of hydrogen-bond acceptors (Lipinski definition) is 9. The summed E-state index contributed by atoms with van der Waals surface area (Å²) in [6, 6.07) is 15.2. The predicted octanol–water partition coefficient (Wildman–Crippen LogP) is 4.11. The lowest BCUT2D eigenvalue weighted by Crippen LogP contribution is -2.28. The van der Waals surface area contributed by atoms with Crippen molar-refractivity contribution in [2.24, 2.45) is 15.2 Å². The number of thioether (sulfide) groups is 2. The van der Waals surface area contributed by atoms with Crippen LogP contribution in [0.15, 0.2) is 63.7 Å². The highest BCUT2D eigenvalue weighted by molar-refractivity contribution is 8.45. The number of rotatable bonds is 6. The highest BCUT2D eigenvalue weighted by Crippen LogP contribution is 2.35. The Labute approximate surface area is 217 Å². The Balaban J connectivity index is 1.33. The van der Waals surface area contributed by atoms with E-state index in [9.17, 15) is 9.59 Å². The second kappa shape index (κ2) is 10.8. The van der Waals surface area contributed by atoms with E-state index in [2.05, 4.69) is 10.1 Å². The summed E-state index contributed by atoms with van der Waals surface area (Å²) in [6.45, 7) is 0.650. The first kappa shape index (κ1) is 24.4. The van der Waals surface area contributed by atoms with Crippen LogP contribution in [0, 0.1) is 0 Å². The average Bonchev–Trinajstić information content (AvgIpc) is 3.47. The van der Waals surface area contributed by atoms with E-state index >= 15 is 0 Å². The molecule has 0 bridgehead atoms. The Morgan fingerprint density at radius 2 is 1.75 bits per heavy atom. The van der Waals surface area contributed by atoms with Crippen molar-refractivity contribution in [2.75, 3.05) is 26.5 Å². The average molecular weight is 524 g/mol. The Kier molecular flexibility index (Phi) is 7.28. The number of hydrazone groups is 2. The van der Waals surface area contributed by atoms with Crippen LogP contribution >= 0.6 is 23.5 Å². The number of hydrogen-bond donors (Lipinski definition) is 0. The molecule has 3 aliphatic heterocycles. The molecule has 2 aromatic rings. The first-order chi connectivity index (χ1) is 17.5. The van der Waals surface area contributed by atoms with Gasteiger partial charge in [0.25, 0.3) is 5.91 Å². The summed E-state index contributed by atoms with van der Waals surface area (Å²) in [5.74, 6) is 1.45. The zero-order valence-corrected chi connectivity index (χ0v) is 21.6. The Bertz CT molecular complexity index is 1240. The van der Waals surface area contributed by atoms with Gasteiger partial charge in [-0.3, -0.25) is 9.59 Å². The Hall–Kier alpha value is -3.31. The normalized spacial score (nSPS) is 19.3. The van der Waals surface area contributed by atoms with E-state index < -0.39 is 0 Å². The molecule has 3 aliphatic rings. The summed E-state index contributed by atoms with van der Waals surface area (Å²) in [4.78, 5) is 29.3. The lowest BCUT2D eigenvalue weighted by Gasteiger charge is -2.22. The summed E-state index contributed by atoms with van der Waals surface area (Å²) in [5.41, 5.74) is 2.77. The van der Waals surface area contributed by atoms with Crippen LogP contribution in [0.4, 0.5) is 0 Å². The van der Waals surface area contributed by atoms with Crippen LogP contribution in [0.5, 0.6) is 11.5 Å². The molecule has 0 aromatic heterocycles. The van der Waals surface area contributed by atoms with Gasteiger partial charge >= 0.3 is 0 Å². The molecule has 5 rings (SSSR count). The molecule has 186 valence electrons. The number of carbonyl (C=O) groups is 2. The van der Waals surface area contributed by atoms with Gasteiger partial charge in [-0.15, -0.1) is 0 Å². The summed E-state index contributed by atoms with van der Waals surface area (Å²) in [7, 11) is 3.26. The lowest BCUT2D eigenvalue weighted by molar-refractivity contribution is -0.130. The molecule has 0 saturated heterocycles. The van der Waals surface area contributed by atoms with Crippen molar-refractivity contribution < 1.29 is 19.1 Å². The minimum Gasteiger partial charge on any atom is -0.497 e. The third-order valence-corrected chi connectivity index (χ3v) is 8.06. The highest BCUT2D eigenvalue weighted by atomic mass is 32.2. The molecular formula is C25H25N5O4S2. The molecule has 0 N–H and O–H groups in total. The maximum atomic E-state index is 13.4. The molecule has 11 heteroatoms. The monoisotopic (exact) mass is 523 g/mol. The molecule has 9 nitrogen and oxygen atoms in total. The number of ether oxygens (including phenoxy) is 2. The van der Waals surface area contributed by atoms with Gasteiger partial charge in [-0.1, -0.05) is 23.9 Å². The molecule has 3 heterocycles. The van der Waals surface area contributed by atoms with Crippen molar-refractivity contribution in [1.29, 1.82) is 0 Å². The second-order valence-corrected chi connectivity index (χ2v) is 10.5. The van der Waals surface area contributed by atoms with E-state index in [1.807, 2.05) is 48.5 Å². The number of amidine groups is 1. The summed E-state index contributed by atoms with van der Waals surface area (Å²) in [6.07, 6.45) is 1.75. The number of methoxy groups -OCH3 is 2. The maximum absolute atomic E-state index is 13.4. The zero-order chi connectivity index (χ0) is 25.1. The largest absolute Gasteiger partial charge is 0.497 e. The van der Waals surface area contributed by atoms with Crippen LogP contribution in [0.1, 0.15) is 36.4 Å². The van der Waals surface area contributed by atoms with Crippen molar-refractivity contribution in [3.8, 4) is 11.5 Å². The SMILES string of the molecule is COc1ccc(C2=NN(C(=O)CSC3=NN4CCCC(=O)N=C4S3)[C@H](c3ccc(OC)cc3)C2)cc1. The number of fused-ring (bicyclic) bond motifs is 1. The van der Waals surface area contributed by atoms with Gasteiger partial charge in [0.15, 0.2) is 9.54 Å². The van der Waals surface area contributed by atoms with Crippen molar-refractivity contribution >= 4 is 50.6 Å². The van der Waals surface area contributed by atoms with Gasteiger partial charge in [0.2, 0.25) is 5.91 Å². The van der Waals surface area contributed by atoms with Crippen LogP contribution in [0.2, 0.25) is 0 Å². The van der Waals surface area contributed by atoms with Crippen LogP contribution in [-0.4, -0.2) is 63.6 Å². The summed E-state index contributed by atoms with van der Waals surface area (Å²) >= 11 is 2.67. The molecule has 2 amide bonds. The maximum Gasteiger partial charge on any atom is 0.253 e. The minimum absolute atomic E-state index is 0.118. The lowest BCUT2D eigenvalue weighted by atomic mass is 9.98. The van der Waals surface area contributed by atoms with E-state index in [0.717, 1.165) is 28.3 Å². The van der Waals surface area contributed by atoms with Gasteiger partial charge in [0.05, 0.1) is 31.7 Å². The number of amides is 2. The van der Waals surface area contributed by atoms with E-state index in [0.29, 0.717) is 35.4 Å². The molecule has 1 atom stereocenters. The Morgan fingerprint density at radius 1 is 1.06 bits per heavy atom. The molecule has 0 radical (unpaired) electrons. The third kappa shape index (κ3) is 5.26. The molecular weight excluding hydrogens is 498 g/mol. The molecule has 0 fully saturated rings. The van der Waals surface area contributed by atoms with Gasteiger partial charge in [0.1, 0.15) is 11.5 Å². The van der Waals surface area contributed by atoms with Crippen molar-refractivity contribution in [2.45, 2.75) is 25.3 Å². The predicted molar refractivity (Wildman–Crippen MR) is 143 cm³/mol. The number of carbonyl (C=O) groups excluding carboxylic acids is 2. The van der Waals surface area contributed by atoms with Gasteiger partial charge in [0, 0.05) is 19.4 Å². The number of benzene rings is 2. The highest BCUT2D eigenvalue weighted by Gasteiger charge is 2.34. The van der Waals surface area contributed by atoms with Crippen molar-refractivity contribution in [3.05, 3.63) is 59.7 Å². The van der Waals surface area contributed by atoms with Crippen LogP contribution in [-0.2, 0) is 9.59 Å². The minimum atomic E-state index is -0.226. The summed E-state index contributed by atoms with van der Waals surface area (Å²) < 4.78 is 11.3. The van der Waals surface area contributed by atoms with Crippen LogP contribution in [0.25, 0.3) is 0 Å². The first-order valence-electron chi connectivity index (χ1n) is 11.5. The van der Waals surface area contributed by atoms with Gasteiger partial charge < -0.3 is 9.47 Å². The van der Waals surface area contributed by atoms with Crippen LogP contribution in [0.3, 0.4) is 0 Å². The Morgan fingerprint density at radius 3 is 2.44 bits per heavy atom. The fraction of sp³-hybridized carbons (Fsp3) is 0.320. The standard InChI is InChI=1S/C25H25N5O4S2/c1-33-18-9-5-16(6-10-18)20-14-21(17-7-11-19(34-2)12-8-17)30(27-20)23(32)15-35-25-28-29-13-3-4-22(31)26-24(29)36-25/h5-12,21H,3-4,13-15H2,1-2H3/t21-/m0/s1. The molecule has 36 heavy (non-hydrogen) atoms. The van der Waals surface area contributed by atoms with E-state index in [4.69, 9.17) is 14.6 Å². The number of nitrogens with zero attached hydrogens (tertiary/aromatic N) is 5. The van der Waals surface area contributed by atoms with E-state index in [-0.39, 0.29) is 23.6 Å². The van der Waals surface area contributed by atoms with Crippen molar-refractivity contribution in [3.63, 3.8) is 0 Å². The molecule has 0 saturated carbocycles. The van der Waals surface area contributed by atoms with Gasteiger partial charge in [-0.25, -0.2) is 10.0 Å². The fourth-order valence-corrected chi connectivity index (χ4v) is 5.95. The van der Waals surface area contributed by atoms with E-state index in [1.165, 1.54) is 23.5 Å². The summed E-state index contributed by atoms with van der Waals surface area (Å²) in [5, 5.41) is 13.2. The van der Waals surface area contributed by atoms with Crippen LogP contribution < -0.4 is 9.47 Å². The van der Waals surface area contributed by atoms with Gasteiger partial charge in [-0.2, -0.15) is 15.2 Å². The third-order valence-electron chi connectivity index (χ3n) is 5.99. The molecule has 0 spiro atoms. The smallest absolute Gasteiger partial charge is 0.253 e. The quantitative estimate of drug-likeness (QED) is 0.562. The fourth-order valence-electron chi connectivity index (χ4n) is 4.09. The molecule has 0 aliphatic carbocycles. The van der Waals surface area contributed by atoms with Gasteiger partial charge in [-0.05, 0) is 65.7 Å². The molecule has 2 aromatic carbocycles. The topological polar surface area (TPSA) is 96.2 Å². The van der Waals surface area contributed by atoms with Crippen molar-refractivity contribution in [1.82, 2.24) is 10.0 Å². The second-order valence-electron chi connectivity index (χ2n) is 8.28. The molecule has 0 unspecified atom stereocenters. The first-order valence-corrected chi connectivity index (χ1v) is 13.3.